The highest BCUT2D eigenvalue weighted by Gasteiger charge is 2.30. The number of benzene rings is 1. The van der Waals surface area contributed by atoms with Crippen LogP contribution in [-0.2, 0) is 14.8 Å². The number of carbonyl (C=O) groups excluding carboxylic acids is 1. The van der Waals surface area contributed by atoms with Gasteiger partial charge in [-0.2, -0.15) is 5.10 Å². The first-order valence-electron chi connectivity index (χ1n) is 11.7. The largest absolute Gasteiger partial charge is 0.438 e. The Morgan fingerprint density at radius 1 is 1.36 bits per heavy atom. The smallest absolute Gasteiger partial charge is 0.272 e. The zero-order valence-corrected chi connectivity index (χ0v) is 22.1. The Hall–Kier alpha value is -3.03. The molecule has 0 radical (unpaired) electrons. The summed E-state index contributed by atoms with van der Waals surface area (Å²) in [5.74, 6) is -0.375. The normalized spacial score (nSPS) is 16.4. The van der Waals surface area contributed by atoms with E-state index in [1.54, 1.807) is 27.7 Å². The number of hydrogen-bond donors (Lipinski definition) is 2. The Labute approximate surface area is 210 Å². The molecule has 12 nitrogen and oxygen atoms in total. The van der Waals surface area contributed by atoms with Gasteiger partial charge in [-0.05, 0) is 60.5 Å². The number of non-ortho nitro benzene ring substituents is 1. The minimum absolute atomic E-state index is 0.0413. The van der Waals surface area contributed by atoms with Gasteiger partial charge in [0.1, 0.15) is 10.6 Å². The van der Waals surface area contributed by atoms with E-state index >= 15 is 0 Å². The number of rotatable bonds is 9. The molecule has 13 heteroatoms. The van der Waals surface area contributed by atoms with Gasteiger partial charge in [-0.25, -0.2) is 17.8 Å². The fourth-order valence-corrected chi connectivity index (χ4v) is 5.32. The van der Waals surface area contributed by atoms with Crippen molar-refractivity contribution in [2.75, 3.05) is 13.2 Å². The second-order valence-corrected chi connectivity index (χ2v) is 11.7. The van der Waals surface area contributed by atoms with Crippen LogP contribution >= 0.6 is 0 Å². The highest BCUT2D eigenvalue weighted by molar-refractivity contribution is 7.89. The third-order valence-corrected chi connectivity index (χ3v) is 7.16. The van der Waals surface area contributed by atoms with Gasteiger partial charge < -0.3 is 14.8 Å². The summed E-state index contributed by atoms with van der Waals surface area (Å²) < 4.78 is 41.8. The minimum atomic E-state index is -4.20. The van der Waals surface area contributed by atoms with Gasteiger partial charge in [-0.1, -0.05) is 0 Å². The SMILES string of the molecule is Cc1c(C(=O)NC[C@H]2CCCO2)nn(C(C)C)c1Oc1ccc([N+](=O)[O-])cc1S(=O)(=O)NC(C)(C)C. The first kappa shape index (κ1) is 27.6. The molecule has 1 aliphatic heterocycles. The first-order chi connectivity index (χ1) is 16.7. The molecule has 198 valence electrons. The summed E-state index contributed by atoms with van der Waals surface area (Å²) in [6, 6.07) is 3.10. The van der Waals surface area contributed by atoms with Crippen LogP contribution in [0.5, 0.6) is 11.6 Å². The van der Waals surface area contributed by atoms with Crippen molar-refractivity contribution in [2.24, 2.45) is 0 Å². The van der Waals surface area contributed by atoms with Crippen LogP contribution in [0.2, 0.25) is 0 Å². The molecule has 0 bridgehead atoms. The Bertz CT molecular complexity index is 1240. The molecular formula is C23H33N5O7S. The second-order valence-electron chi connectivity index (χ2n) is 10.0. The van der Waals surface area contributed by atoms with Crippen molar-refractivity contribution in [1.29, 1.82) is 0 Å². The molecule has 0 aliphatic carbocycles. The quantitative estimate of drug-likeness (QED) is 0.374. The standard InChI is InChI=1S/C23H33N5O7S/c1-14(2)27-22(15(3)20(25-27)21(29)24-13-17-8-7-11-34-17)35-18-10-9-16(28(30)31)12-19(18)36(32,33)26-23(4,5)6/h9-10,12,14,17,26H,7-8,11,13H2,1-6H3,(H,24,29)/t17-/m1/s1. The van der Waals surface area contributed by atoms with Crippen LogP contribution in [0, 0.1) is 17.0 Å². The molecular weight excluding hydrogens is 490 g/mol. The maximum Gasteiger partial charge on any atom is 0.272 e. The molecule has 1 amide bonds. The van der Waals surface area contributed by atoms with Gasteiger partial charge in [0.15, 0.2) is 5.69 Å². The third-order valence-electron chi connectivity index (χ3n) is 5.39. The Balaban J connectivity index is 2.01. The van der Waals surface area contributed by atoms with Crippen molar-refractivity contribution in [3.63, 3.8) is 0 Å². The van der Waals surface area contributed by atoms with Gasteiger partial charge >= 0.3 is 0 Å². The summed E-state index contributed by atoms with van der Waals surface area (Å²) in [6.45, 7) is 11.3. The van der Waals surface area contributed by atoms with Gasteiger partial charge in [0.25, 0.3) is 11.6 Å². The Kier molecular flexibility index (Phi) is 8.06. The van der Waals surface area contributed by atoms with Gasteiger partial charge in [0.05, 0.1) is 17.1 Å². The lowest BCUT2D eigenvalue weighted by Gasteiger charge is -2.21. The van der Waals surface area contributed by atoms with Gasteiger partial charge in [-0.15, -0.1) is 0 Å². The molecule has 1 saturated heterocycles. The molecule has 1 aromatic heterocycles. The van der Waals surface area contributed by atoms with E-state index in [0.29, 0.717) is 18.7 Å². The monoisotopic (exact) mass is 523 g/mol. The number of nitrogens with one attached hydrogen (secondary N) is 2. The number of sulfonamides is 1. The highest BCUT2D eigenvalue weighted by atomic mass is 32.2. The van der Waals surface area contributed by atoms with Gasteiger partial charge in [-0.3, -0.25) is 14.9 Å². The number of carbonyl (C=O) groups is 1. The molecule has 0 saturated carbocycles. The lowest BCUT2D eigenvalue weighted by molar-refractivity contribution is -0.385. The maximum absolute atomic E-state index is 13.1. The van der Waals surface area contributed by atoms with Crippen LogP contribution in [0.25, 0.3) is 0 Å². The van der Waals surface area contributed by atoms with Crippen LogP contribution < -0.4 is 14.8 Å². The molecule has 36 heavy (non-hydrogen) atoms. The van der Waals surface area contributed by atoms with Crippen LogP contribution in [-0.4, -0.2) is 53.8 Å². The molecule has 1 aromatic carbocycles. The number of amides is 1. The summed E-state index contributed by atoms with van der Waals surface area (Å²) in [4.78, 5) is 23.2. The topological polar surface area (TPSA) is 155 Å². The first-order valence-corrected chi connectivity index (χ1v) is 13.2. The molecule has 1 fully saturated rings. The zero-order chi connectivity index (χ0) is 26.8. The molecule has 3 rings (SSSR count). The predicted molar refractivity (Wildman–Crippen MR) is 132 cm³/mol. The van der Waals surface area contributed by atoms with E-state index < -0.39 is 37.0 Å². The van der Waals surface area contributed by atoms with Crippen molar-refractivity contribution in [1.82, 2.24) is 19.8 Å². The van der Waals surface area contributed by atoms with Crippen molar-refractivity contribution in [3.8, 4) is 11.6 Å². The van der Waals surface area contributed by atoms with E-state index in [1.807, 2.05) is 13.8 Å². The van der Waals surface area contributed by atoms with E-state index in [0.717, 1.165) is 25.0 Å². The molecule has 2 heterocycles. The van der Waals surface area contributed by atoms with Gasteiger partial charge in [0, 0.05) is 36.4 Å². The van der Waals surface area contributed by atoms with E-state index in [1.165, 1.54) is 10.7 Å². The Morgan fingerprint density at radius 2 is 2.06 bits per heavy atom. The molecule has 2 aromatic rings. The summed E-state index contributed by atoms with van der Waals surface area (Å²) in [6.07, 6.45) is 1.78. The van der Waals surface area contributed by atoms with E-state index in [2.05, 4.69) is 15.1 Å². The number of nitro benzene ring substituents is 1. The van der Waals surface area contributed by atoms with E-state index in [-0.39, 0.29) is 29.5 Å². The molecule has 0 spiro atoms. The van der Waals surface area contributed by atoms with E-state index in [9.17, 15) is 23.3 Å². The predicted octanol–water partition coefficient (Wildman–Crippen LogP) is 3.46. The molecule has 0 unspecified atom stereocenters. The van der Waals surface area contributed by atoms with Gasteiger partial charge in [0.2, 0.25) is 15.9 Å². The molecule has 2 N–H and O–H groups in total. The highest BCUT2D eigenvalue weighted by Crippen LogP contribution is 2.36. The van der Waals surface area contributed by atoms with E-state index in [4.69, 9.17) is 9.47 Å². The average molecular weight is 524 g/mol. The second kappa shape index (κ2) is 10.5. The summed E-state index contributed by atoms with van der Waals surface area (Å²) >= 11 is 0. The number of nitrogens with zero attached hydrogens (tertiary/aromatic N) is 3. The summed E-state index contributed by atoms with van der Waals surface area (Å²) in [7, 11) is -4.20. The number of nitro groups is 1. The Morgan fingerprint density at radius 3 is 2.61 bits per heavy atom. The summed E-state index contributed by atoms with van der Waals surface area (Å²) in [5, 5.41) is 18.6. The van der Waals surface area contributed by atoms with Crippen LogP contribution in [0.4, 0.5) is 5.69 Å². The minimum Gasteiger partial charge on any atom is -0.438 e. The van der Waals surface area contributed by atoms with Crippen molar-refractivity contribution in [2.45, 2.75) is 77.0 Å². The average Bonchev–Trinajstić information content (AvgIpc) is 3.39. The van der Waals surface area contributed by atoms with Crippen molar-refractivity contribution in [3.05, 3.63) is 39.6 Å². The van der Waals surface area contributed by atoms with Crippen LogP contribution in [0.3, 0.4) is 0 Å². The van der Waals surface area contributed by atoms with Crippen molar-refractivity contribution < 1.29 is 27.6 Å². The summed E-state index contributed by atoms with van der Waals surface area (Å²) in [5.41, 5.74) is -0.709. The number of aromatic nitrogens is 2. The lowest BCUT2D eigenvalue weighted by Crippen LogP contribution is -2.40. The van der Waals surface area contributed by atoms with Crippen molar-refractivity contribution >= 4 is 21.6 Å². The van der Waals surface area contributed by atoms with Crippen LogP contribution in [0.1, 0.15) is 69.6 Å². The number of ether oxygens (including phenoxy) is 2. The molecule has 1 aliphatic rings. The fraction of sp³-hybridized carbons (Fsp3) is 0.565. The lowest BCUT2D eigenvalue weighted by atomic mass is 10.1. The molecule has 1 atom stereocenters. The third kappa shape index (κ3) is 6.39. The fourth-order valence-electron chi connectivity index (χ4n) is 3.75. The maximum atomic E-state index is 13.1. The van der Waals surface area contributed by atoms with Crippen LogP contribution in [0.15, 0.2) is 23.1 Å². The zero-order valence-electron chi connectivity index (χ0n) is 21.3. The number of hydrogen-bond acceptors (Lipinski definition) is 8.